The predicted octanol–water partition coefficient (Wildman–Crippen LogP) is 3.61. The van der Waals surface area contributed by atoms with E-state index in [1.165, 1.54) is 11.6 Å². The van der Waals surface area contributed by atoms with Gasteiger partial charge >= 0.3 is 0 Å². The van der Waals surface area contributed by atoms with E-state index in [0.29, 0.717) is 43.9 Å². The number of anilines is 1. The maximum Gasteiger partial charge on any atom is 0.169 e. The molecule has 1 aromatic carbocycles. The van der Waals surface area contributed by atoms with Crippen LogP contribution in [0.3, 0.4) is 0 Å². The first-order valence-electron chi connectivity index (χ1n) is 12.0. The Morgan fingerprint density at radius 2 is 2.03 bits per heavy atom. The summed E-state index contributed by atoms with van der Waals surface area (Å²) in [6.45, 7) is 0.789. The van der Waals surface area contributed by atoms with E-state index in [2.05, 4.69) is 15.4 Å². The van der Waals surface area contributed by atoms with Gasteiger partial charge in [0.25, 0.3) is 0 Å². The highest BCUT2D eigenvalue weighted by Crippen LogP contribution is 2.36. The number of halogens is 3. The van der Waals surface area contributed by atoms with Gasteiger partial charge in [-0.1, -0.05) is 0 Å². The van der Waals surface area contributed by atoms with Gasteiger partial charge in [0.2, 0.25) is 0 Å². The van der Waals surface area contributed by atoms with E-state index in [-0.39, 0.29) is 34.7 Å². The van der Waals surface area contributed by atoms with E-state index in [1.54, 1.807) is 11.7 Å². The molecule has 4 heterocycles. The zero-order valence-electron chi connectivity index (χ0n) is 20.1. The molecule has 0 bridgehead atoms. The number of aryl methyl sites for hydroxylation is 1. The standard InChI is InChI=1S/C24H28F3N5O4S/c1-32-22(20-3-2-17(28)16(27)10-35-20)18(8-29-32)30-23(33)19-11-37-24(31-19)21-14(25)6-13(7-15(21)26)36-12-4-5-34-9-12/h6-8,11-12,16-17,20,23,30,33H,2-5,9-10,28H2,1H3/t12-,16-,17-,20+,23?/m1/s1. The third-order valence-corrected chi connectivity index (χ3v) is 7.37. The first kappa shape index (κ1) is 25.9. The van der Waals surface area contributed by atoms with Crippen molar-refractivity contribution in [3.63, 3.8) is 0 Å². The molecule has 5 atom stereocenters. The van der Waals surface area contributed by atoms with E-state index in [4.69, 9.17) is 19.9 Å². The van der Waals surface area contributed by atoms with Gasteiger partial charge in [0.1, 0.15) is 46.5 Å². The zero-order valence-corrected chi connectivity index (χ0v) is 20.9. The topological polar surface area (TPSA) is 117 Å². The van der Waals surface area contributed by atoms with Crippen molar-refractivity contribution in [2.24, 2.45) is 12.8 Å². The second kappa shape index (κ2) is 11.0. The summed E-state index contributed by atoms with van der Waals surface area (Å²) in [5, 5.41) is 19.5. The quantitative estimate of drug-likeness (QED) is 0.390. The van der Waals surface area contributed by atoms with Crippen LogP contribution in [0, 0.1) is 11.6 Å². The van der Waals surface area contributed by atoms with Crippen LogP contribution in [0.1, 0.15) is 43.0 Å². The fourth-order valence-corrected chi connectivity index (χ4v) is 5.35. The minimum atomic E-state index is -1.30. The van der Waals surface area contributed by atoms with E-state index < -0.39 is 36.2 Å². The smallest absolute Gasteiger partial charge is 0.169 e. The molecule has 4 N–H and O–H groups in total. The highest BCUT2D eigenvalue weighted by Gasteiger charge is 2.30. The molecule has 0 saturated carbocycles. The van der Waals surface area contributed by atoms with Crippen molar-refractivity contribution in [3.05, 3.63) is 46.7 Å². The summed E-state index contributed by atoms with van der Waals surface area (Å²) in [4.78, 5) is 4.26. The van der Waals surface area contributed by atoms with Gasteiger partial charge in [-0.2, -0.15) is 5.10 Å². The molecule has 2 aromatic heterocycles. The molecular formula is C24H28F3N5O4S. The van der Waals surface area contributed by atoms with Crippen molar-refractivity contribution in [2.45, 2.75) is 49.9 Å². The Hall–Kier alpha value is -2.71. The van der Waals surface area contributed by atoms with Crippen LogP contribution >= 0.6 is 11.3 Å². The highest BCUT2D eigenvalue weighted by molar-refractivity contribution is 7.13. The molecule has 3 aromatic rings. The number of nitrogens with one attached hydrogen (secondary N) is 1. The fraction of sp³-hybridized carbons (Fsp3) is 0.500. The number of hydrogen-bond acceptors (Lipinski definition) is 9. The third kappa shape index (κ3) is 5.60. The highest BCUT2D eigenvalue weighted by atomic mass is 32.1. The molecule has 0 radical (unpaired) electrons. The molecule has 37 heavy (non-hydrogen) atoms. The minimum Gasteiger partial charge on any atom is -0.488 e. The van der Waals surface area contributed by atoms with Gasteiger partial charge in [-0.25, -0.2) is 18.2 Å². The van der Waals surface area contributed by atoms with Gasteiger partial charge in [0.05, 0.1) is 43.0 Å². The Bertz CT molecular complexity index is 1200. The molecule has 13 heteroatoms. The number of nitrogens with zero attached hydrogens (tertiary/aromatic N) is 3. The molecule has 0 amide bonds. The van der Waals surface area contributed by atoms with Crippen molar-refractivity contribution in [3.8, 4) is 16.3 Å². The molecule has 200 valence electrons. The summed E-state index contributed by atoms with van der Waals surface area (Å²) in [5.74, 6) is -1.55. The van der Waals surface area contributed by atoms with Crippen LogP contribution in [-0.4, -0.2) is 58.0 Å². The number of alkyl halides is 1. The lowest BCUT2D eigenvalue weighted by Crippen LogP contribution is -2.32. The van der Waals surface area contributed by atoms with Gasteiger partial charge in [-0.05, 0) is 12.8 Å². The lowest BCUT2D eigenvalue weighted by molar-refractivity contribution is 0.0246. The van der Waals surface area contributed by atoms with Gasteiger partial charge in [0, 0.05) is 37.0 Å². The van der Waals surface area contributed by atoms with Crippen LogP contribution in [0.4, 0.5) is 18.9 Å². The summed E-state index contributed by atoms with van der Waals surface area (Å²) >= 11 is 0.996. The maximum atomic E-state index is 14.9. The number of rotatable bonds is 7. The maximum absolute atomic E-state index is 14.9. The van der Waals surface area contributed by atoms with Crippen LogP contribution in [-0.2, 0) is 16.5 Å². The largest absolute Gasteiger partial charge is 0.488 e. The first-order valence-corrected chi connectivity index (χ1v) is 12.8. The SMILES string of the molecule is Cn1ncc(NC(O)c2csc(-c3c(F)cc(O[C@@H]4CCOC4)cc3F)n2)c1[C@@H]1CC[C@@H](N)[C@H](F)CO1. The number of aromatic nitrogens is 3. The summed E-state index contributed by atoms with van der Waals surface area (Å²) < 4.78 is 61.8. The number of aliphatic hydroxyl groups excluding tert-OH is 1. The average molecular weight is 540 g/mol. The normalized spacial score (nSPS) is 25.1. The van der Waals surface area contributed by atoms with Crippen molar-refractivity contribution in [2.75, 3.05) is 25.1 Å². The van der Waals surface area contributed by atoms with E-state index >= 15 is 0 Å². The molecule has 2 aliphatic rings. The minimum absolute atomic E-state index is 0.0723. The monoisotopic (exact) mass is 539 g/mol. The molecule has 9 nitrogen and oxygen atoms in total. The Morgan fingerprint density at radius 3 is 2.76 bits per heavy atom. The van der Waals surface area contributed by atoms with E-state index in [9.17, 15) is 18.3 Å². The van der Waals surface area contributed by atoms with Crippen LogP contribution < -0.4 is 15.8 Å². The Morgan fingerprint density at radius 1 is 1.24 bits per heavy atom. The van der Waals surface area contributed by atoms with E-state index in [1.807, 2.05) is 0 Å². The van der Waals surface area contributed by atoms with Gasteiger partial charge in [-0.3, -0.25) is 4.68 Å². The Balaban J connectivity index is 1.31. The molecule has 2 fully saturated rings. The third-order valence-electron chi connectivity index (χ3n) is 6.49. The number of aliphatic hydroxyl groups is 1. The molecular weight excluding hydrogens is 511 g/mol. The van der Waals surface area contributed by atoms with Crippen molar-refractivity contribution >= 4 is 17.0 Å². The van der Waals surface area contributed by atoms with Gasteiger partial charge < -0.3 is 30.4 Å². The number of nitrogens with two attached hydrogens (primary N) is 1. The number of benzene rings is 1. The predicted molar refractivity (Wildman–Crippen MR) is 130 cm³/mol. The number of ether oxygens (including phenoxy) is 3. The lowest BCUT2D eigenvalue weighted by atomic mass is 10.0. The molecule has 0 spiro atoms. The number of hydrogen-bond donors (Lipinski definition) is 3. The van der Waals surface area contributed by atoms with Crippen LogP contribution in [0.15, 0.2) is 23.7 Å². The summed E-state index contributed by atoms with van der Waals surface area (Å²) in [6, 6.07) is 1.64. The number of thiazole rings is 1. The Labute approximate surface area is 215 Å². The second-order valence-electron chi connectivity index (χ2n) is 9.14. The summed E-state index contributed by atoms with van der Waals surface area (Å²) in [5.41, 5.74) is 6.80. The van der Waals surface area contributed by atoms with Gasteiger partial charge in [0.15, 0.2) is 6.23 Å². The van der Waals surface area contributed by atoms with Crippen LogP contribution in [0.25, 0.3) is 10.6 Å². The molecule has 5 rings (SSSR count). The van der Waals surface area contributed by atoms with Crippen LogP contribution in [0.5, 0.6) is 5.75 Å². The van der Waals surface area contributed by atoms with Crippen molar-refractivity contribution in [1.29, 1.82) is 0 Å². The van der Waals surface area contributed by atoms with Crippen LogP contribution in [0.2, 0.25) is 0 Å². The van der Waals surface area contributed by atoms with Crippen molar-refractivity contribution in [1.82, 2.24) is 14.8 Å². The molecule has 2 aliphatic heterocycles. The molecule has 2 saturated heterocycles. The molecule has 0 aliphatic carbocycles. The average Bonchev–Trinajstić information content (AvgIpc) is 3.59. The zero-order chi connectivity index (χ0) is 26.1. The van der Waals surface area contributed by atoms with Gasteiger partial charge in [-0.15, -0.1) is 11.3 Å². The first-order chi connectivity index (χ1) is 17.8. The second-order valence-corrected chi connectivity index (χ2v) is 9.99. The lowest BCUT2D eigenvalue weighted by Gasteiger charge is -2.19. The fourth-order valence-electron chi connectivity index (χ4n) is 4.46. The van der Waals surface area contributed by atoms with Crippen molar-refractivity contribution < 1.29 is 32.5 Å². The van der Waals surface area contributed by atoms with E-state index in [0.717, 1.165) is 23.5 Å². The summed E-state index contributed by atoms with van der Waals surface area (Å²) in [7, 11) is 1.72. The summed E-state index contributed by atoms with van der Waals surface area (Å²) in [6.07, 6.45) is -0.185. The molecule has 1 unspecified atom stereocenters. The Kier molecular flexibility index (Phi) is 7.67.